The summed E-state index contributed by atoms with van der Waals surface area (Å²) in [7, 11) is 0. The summed E-state index contributed by atoms with van der Waals surface area (Å²) in [5, 5.41) is 4.22. The van der Waals surface area contributed by atoms with Gasteiger partial charge in [-0.05, 0) is 44.4 Å². The maximum atomic E-state index is 14.1. The smallest absolute Gasteiger partial charge is 0.128 e. The van der Waals surface area contributed by atoms with E-state index in [4.69, 9.17) is 0 Å². The molecular weight excluding hydrogens is 290 g/mol. The van der Waals surface area contributed by atoms with Gasteiger partial charge in [-0.15, -0.1) is 11.3 Å². The lowest BCUT2D eigenvalue weighted by atomic mass is 10.1. The van der Waals surface area contributed by atoms with Crippen LogP contribution in [0.4, 0.5) is 8.78 Å². The second-order valence-electron chi connectivity index (χ2n) is 5.45. The van der Waals surface area contributed by atoms with Gasteiger partial charge in [-0.1, -0.05) is 6.92 Å². The van der Waals surface area contributed by atoms with Crippen molar-refractivity contribution in [3.8, 4) is 0 Å². The van der Waals surface area contributed by atoms with E-state index in [1.54, 1.807) is 11.3 Å². The highest BCUT2D eigenvalue weighted by atomic mass is 32.1. The van der Waals surface area contributed by atoms with Crippen molar-refractivity contribution in [1.82, 2.24) is 10.3 Å². The lowest BCUT2D eigenvalue weighted by Gasteiger charge is -2.17. The molecule has 0 radical (unpaired) electrons. The van der Waals surface area contributed by atoms with Crippen molar-refractivity contribution in [3.63, 3.8) is 0 Å². The van der Waals surface area contributed by atoms with Gasteiger partial charge in [0.15, 0.2) is 0 Å². The Hall–Kier alpha value is -1.33. The van der Waals surface area contributed by atoms with Gasteiger partial charge in [0, 0.05) is 16.5 Å². The third-order valence-corrected chi connectivity index (χ3v) is 4.82. The molecule has 1 N–H and O–H groups in total. The minimum atomic E-state index is -0.419. The summed E-state index contributed by atoms with van der Waals surface area (Å²) in [6, 6.07) is 3.63. The molecule has 5 heteroatoms. The number of aryl methyl sites for hydroxylation is 2. The number of halogens is 2. The molecule has 1 atom stereocenters. The Morgan fingerprint density at radius 1 is 1.38 bits per heavy atom. The molecule has 1 fully saturated rings. The quantitative estimate of drug-likeness (QED) is 0.898. The molecule has 0 aliphatic heterocycles. The van der Waals surface area contributed by atoms with E-state index in [0.29, 0.717) is 11.6 Å². The number of hydrogen-bond acceptors (Lipinski definition) is 3. The Balaban J connectivity index is 2.01. The number of aromatic nitrogens is 1. The van der Waals surface area contributed by atoms with Crippen LogP contribution in [0.15, 0.2) is 18.2 Å². The van der Waals surface area contributed by atoms with Crippen LogP contribution in [0.2, 0.25) is 0 Å². The van der Waals surface area contributed by atoms with Gasteiger partial charge in [0.05, 0.1) is 11.7 Å². The molecule has 3 rings (SSSR count). The summed E-state index contributed by atoms with van der Waals surface area (Å²) in [4.78, 5) is 5.77. The van der Waals surface area contributed by atoms with Gasteiger partial charge in [-0.25, -0.2) is 13.8 Å². The van der Waals surface area contributed by atoms with Crippen molar-refractivity contribution in [1.29, 1.82) is 0 Å². The lowest BCUT2D eigenvalue weighted by Crippen LogP contribution is -2.25. The van der Waals surface area contributed by atoms with Gasteiger partial charge in [0.2, 0.25) is 0 Å². The zero-order valence-electron chi connectivity index (χ0n) is 12.1. The van der Waals surface area contributed by atoms with Crippen LogP contribution in [0.3, 0.4) is 0 Å². The van der Waals surface area contributed by atoms with Gasteiger partial charge in [-0.2, -0.15) is 0 Å². The van der Waals surface area contributed by atoms with E-state index in [-0.39, 0.29) is 11.9 Å². The van der Waals surface area contributed by atoms with Crippen LogP contribution < -0.4 is 5.32 Å². The average molecular weight is 308 g/mol. The zero-order chi connectivity index (χ0) is 15.0. The van der Waals surface area contributed by atoms with E-state index >= 15 is 0 Å². The first-order valence-corrected chi connectivity index (χ1v) is 8.07. The summed E-state index contributed by atoms with van der Waals surface area (Å²) < 4.78 is 27.7. The highest BCUT2D eigenvalue weighted by Gasteiger charge is 2.30. The van der Waals surface area contributed by atoms with E-state index in [0.717, 1.165) is 40.9 Å². The van der Waals surface area contributed by atoms with E-state index < -0.39 is 5.82 Å². The van der Waals surface area contributed by atoms with Crippen molar-refractivity contribution in [2.24, 2.45) is 0 Å². The lowest BCUT2D eigenvalue weighted by molar-refractivity contribution is 0.532. The second kappa shape index (κ2) is 5.81. The number of nitrogens with one attached hydrogen (secondary N) is 1. The first-order valence-electron chi connectivity index (χ1n) is 7.25. The maximum absolute atomic E-state index is 14.1. The molecule has 0 saturated heterocycles. The number of nitrogens with zero attached hydrogens (tertiary/aromatic N) is 1. The molecule has 1 saturated carbocycles. The topological polar surface area (TPSA) is 24.9 Å². The van der Waals surface area contributed by atoms with Crippen LogP contribution in [0.5, 0.6) is 0 Å². The van der Waals surface area contributed by atoms with E-state index in [2.05, 4.69) is 17.2 Å². The summed E-state index contributed by atoms with van der Waals surface area (Å²) >= 11 is 1.56. The summed E-state index contributed by atoms with van der Waals surface area (Å²) in [6.45, 7) is 4.08. The Morgan fingerprint density at radius 3 is 2.76 bits per heavy atom. The molecule has 2 nitrogen and oxygen atoms in total. The maximum Gasteiger partial charge on any atom is 0.128 e. The predicted molar refractivity (Wildman–Crippen MR) is 80.6 cm³/mol. The van der Waals surface area contributed by atoms with Crippen LogP contribution in [-0.2, 0) is 6.42 Å². The average Bonchev–Trinajstić information content (AvgIpc) is 3.20. The second-order valence-corrected chi connectivity index (χ2v) is 6.68. The van der Waals surface area contributed by atoms with Crippen LogP contribution >= 0.6 is 11.3 Å². The fraction of sp³-hybridized carbons (Fsp3) is 0.438. The van der Waals surface area contributed by atoms with Crippen molar-refractivity contribution in [3.05, 3.63) is 51.0 Å². The SMILES string of the molecule is CCc1nc(C(NC2CC2)c2cc(F)ccc2F)sc1C. The first-order chi connectivity index (χ1) is 10.1. The van der Waals surface area contributed by atoms with Gasteiger partial charge >= 0.3 is 0 Å². The van der Waals surface area contributed by atoms with Crippen molar-refractivity contribution in [2.75, 3.05) is 0 Å². The molecule has 21 heavy (non-hydrogen) atoms. The molecule has 1 aromatic heterocycles. The van der Waals surface area contributed by atoms with E-state index in [1.807, 2.05) is 6.92 Å². The van der Waals surface area contributed by atoms with Crippen LogP contribution in [0, 0.1) is 18.6 Å². The Labute approximate surface area is 127 Å². The Kier molecular flexibility index (Phi) is 4.04. The number of rotatable bonds is 5. The van der Waals surface area contributed by atoms with Crippen molar-refractivity contribution < 1.29 is 8.78 Å². The highest BCUT2D eigenvalue weighted by molar-refractivity contribution is 7.11. The zero-order valence-corrected chi connectivity index (χ0v) is 12.9. The first kappa shape index (κ1) is 14.6. The van der Waals surface area contributed by atoms with E-state index in [1.165, 1.54) is 12.1 Å². The number of benzene rings is 1. The Morgan fingerprint density at radius 2 is 2.14 bits per heavy atom. The fourth-order valence-corrected chi connectivity index (χ4v) is 3.51. The molecular formula is C16H18F2N2S. The van der Waals surface area contributed by atoms with Crippen LogP contribution in [0.25, 0.3) is 0 Å². The molecule has 0 spiro atoms. The molecule has 1 aromatic carbocycles. The highest BCUT2D eigenvalue weighted by Crippen LogP contribution is 2.33. The fourth-order valence-electron chi connectivity index (χ4n) is 2.42. The van der Waals surface area contributed by atoms with Crippen molar-refractivity contribution in [2.45, 2.75) is 45.2 Å². The third kappa shape index (κ3) is 3.14. The van der Waals surface area contributed by atoms with Gasteiger partial charge < -0.3 is 5.32 Å². The molecule has 2 aromatic rings. The normalized spacial score (nSPS) is 16.2. The molecule has 112 valence electrons. The largest absolute Gasteiger partial charge is 0.301 e. The minimum Gasteiger partial charge on any atom is -0.301 e. The molecule has 1 aliphatic rings. The van der Waals surface area contributed by atoms with Gasteiger partial charge in [0.25, 0.3) is 0 Å². The standard InChI is InChI=1S/C16H18F2N2S/c1-3-14-9(2)21-16(20-14)15(19-11-5-6-11)12-8-10(17)4-7-13(12)18/h4,7-8,11,15,19H,3,5-6H2,1-2H3. The third-order valence-electron chi connectivity index (χ3n) is 3.74. The van der Waals surface area contributed by atoms with Crippen LogP contribution in [-0.4, -0.2) is 11.0 Å². The summed E-state index contributed by atoms with van der Waals surface area (Å²) in [5.74, 6) is -0.807. The molecule has 1 heterocycles. The monoisotopic (exact) mass is 308 g/mol. The summed E-state index contributed by atoms with van der Waals surface area (Å²) in [5.41, 5.74) is 1.38. The van der Waals surface area contributed by atoms with E-state index in [9.17, 15) is 8.78 Å². The van der Waals surface area contributed by atoms with Gasteiger partial charge in [0.1, 0.15) is 16.6 Å². The van der Waals surface area contributed by atoms with Crippen LogP contribution in [0.1, 0.15) is 46.9 Å². The molecule has 1 aliphatic carbocycles. The molecule has 0 bridgehead atoms. The molecule has 0 amide bonds. The number of hydrogen-bond donors (Lipinski definition) is 1. The summed E-state index contributed by atoms with van der Waals surface area (Å²) in [6.07, 6.45) is 3.01. The molecule has 1 unspecified atom stereocenters. The number of thiazole rings is 1. The minimum absolute atomic E-state index is 0.346. The Bertz CT molecular complexity index is 650. The predicted octanol–water partition coefficient (Wildman–Crippen LogP) is 4.13. The van der Waals surface area contributed by atoms with Gasteiger partial charge in [-0.3, -0.25) is 0 Å². The van der Waals surface area contributed by atoms with Crippen molar-refractivity contribution >= 4 is 11.3 Å².